The summed E-state index contributed by atoms with van der Waals surface area (Å²) in [5.41, 5.74) is 1.68. The number of terminal acetylenes is 1. The highest BCUT2D eigenvalue weighted by atomic mass is 16.3. The molecule has 0 aliphatic rings. The van der Waals surface area contributed by atoms with Gasteiger partial charge < -0.3 is 10.4 Å². The molecule has 0 heterocycles. The van der Waals surface area contributed by atoms with E-state index >= 15 is 0 Å². The van der Waals surface area contributed by atoms with Gasteiger partial charge in [0.1, 0.15) is 0 Å². The fourth-order valence-corrected chi connectivity index (χ4v) is 1.69. The molecule has 1 aromatic carbocycles. The molecule has 20 heavy (non-hydrogen) atoms. The zero-order valence-electron chi connectivity index (χ0n) is 11.4. The molecule has 4 heteroatoms. The summed E-state index contributed by atoms with van der Waals surface area (Å²) in [6.07, 6.45) is 6.92. The Morgan fingerprint density at radius 1 is 1.20 bits per heavy atom. The molecule has 2 N–H and O–H groups in total. The third-order valence-corrected chi connectivity index (χ3v) is 2.81. The van der Waals surface area contributed by atoms with Gasteiger partial charge in [0.05, 0.1) is 13.2 Å². The van der Waals surface area contributed by atoms with Crippen molar-refractivity contribution >= 4 is 11.7 Å². The lowest BCUT2D eigenvalue weighted by Gasteiger charge is -2.05. The van der Waals surface area contributed by atoms with Crippen LogP contribution in [0.4, 0.5) is 0 Å². The SMILES string of the molecule is C#CCCCC(=O)NCC(=O)Cc1ccc(CO)cc1. The number of benzene rings is 1. The number of amides is 1. The molecule has 0 saturated carbocycles. The number of unbranched alkanes of at least 4 members (excludes halogenated alkanes) is 1. The first-order valence-electron chi connectivity index (χ1n) is 6.56. The van der Waals surface area contributed by atoms with E-state index in [1.54, 1.807) is 24.3 Å². The minimum absolute atomic E-state index is 0.0120. The molecule has 0 atom stereocenters. The summed E-state index contributed by atoms with van der Waals surface area (Å²) < 4.78 is 0. The topological polar surface area (TPSA) is 66.4 Å². The van der Waals surface area contributed by atoms with Crippen molar-refractivity contribution in [3.8, 4) is 12.3 Å². The number of rotatable bonds is 8. The molecule has 1 rings (SSSR count). The van der Waals surface area contributed by atoms with E-state index in [9.17, 15) is 9.59 Å². The maximum atomic E-state index is 11.7. The molecule has 0 aromatic heterocycles. The first-order valence-corrected chi connectivity index (χ1v) is 6.56. The molecule has 0 fully saturated rings. The van der Waals surface area contributed by atoms with E-state index in [1.807, 2.05) is 0 Å². The van der Waals surface area contributed by atoms with Crippen molar-refractivity contribution in [2.45, 2.75) is 32.3 Å². The van der Waals surface area contributed by atoms with Crippen molar-refractivity contribution in [2.75, 3.05) is 6.54 Å². The molecule has 106 valence electrons. The lowest BCUT2D eigenvalue weighted by Crippen LogP contribution is -2.30. The second-order valence-corrected chi connectivity index (χ2v) is 4.52. The van der Waals surface area contributed by atoms with E-state index in [1.165, 1.54) is 0 Å². The van der Waals surface area contributed by atoms with Gasteiger partial charge in [-0.2, -0.15) is 0 Å². The summed E-state index contributed by atoms with van der Waals surface area (Å²) in [7, 11) is 0. The molecule has 0 aliphatic carbocycles. The van der Waals surface area contributed by atoms with Crippen LogP contribution >= 0.6 is 0 Å². The molecule has 0 radical (unpaired) electrons. The maximum Gasteiger partial charge on any atom is 0.220 e. The molecular weight excluding hydrogens is 254 g/mol. The third-order valence-electron chi connectivity index (χ3n) is 2.81. The average Bonchev–Trinajstić information content (AvgIpc) is 2.46. The zero-order chi connectivity index (χ0) is 14.8. The fraction of sp³-hybridized carbons (Fsp3) is 0.375. The smallest absolute Gasteiger partial charge is 0.220 e. The Labute approximate surface area is 119 Å². The monoisotopic (exact) mass is 273 g/mol. The second kappa shape index (κ2) is 8.89. The van der Waals surface area contributed by atoms with Crippen LogP contribution in [-0.2, 0) is 22.6 Å². The number of hydrogen-bond donors (Lipinski definition) is 2. The van der Waals surface area contributed by atoms with Gasteiger partial charge in [0.25, 0.3) is 0 Å². The third kappa shape index (κ3) is 6.17. The van der Waals surface area contributed by atoms with Gasteiger partial charge in [-0.25, -0.2) is 0 Å². The largest absolute Gasteiger partial charge is 0.392 e. The van der Waals surface area contributed by atoms with Crippen LogP contribution in [0.1, 0.15) is 30.4 Å². The number of carbonyl (C=O) groups excluding carboxylic acids is 2. The van der Waals surface area contributed by atoms with Crippen molar-refractivity contribution in [3.05, 3.63) is 35.4 Å². The number of ketones is 1. The van der Waals surface area contributed by atoms with E-state index in [-0.39, 0.29) is 31.3 Å². The van der Waals surface area contributed by atoms with E-state index in [2.05, 4.69) is 11.2 Å². The van der Waals surface area contributed by atoms with Crippen LogP contribution in [0, 0.1) is 12.3 Å². The Morgan fingerprint density at radius 3 is 2.45 bits per heavy atom. The van der Waals surface area contributed by atoms with Crippen LogP contribution in [0.15, 0.2) is 24.3 Å². The van der Waals surface area contributed by atoms with Gasteiger partial charge in [-0.05, 0) is 17.5 Å². The summed E-state index contributed by atoms with van der Waals surface area (Å²) in [4.78, 5) is 23.1. The first-order chi connectivity index (χ1) is 9.65. The van der Waals surface area contributed by atoms with Gasteiger partial charge in [0, 0.05) is 19.3 Å². The molecule has 4 nitrogen and oxygen atoms in total. The summed E-state index contributed by atoms with van der Waals surface area (Å²) in [5, 5.41) is 11.5. The van der Waals surface area contributed by atoms with Crippen LogP contribution in [-0.4, -0.2) is 23.3 Å². The second-order valence-electron chi connectivity index (χ2n) is 4.52. The molecule has 0 bridgehead atoms. The summed E-state index contributed by atoms with van der Waals surface area (Å²) in [5.74, 6) is 2.27. The van der Waals surface area contributed by atoms with Crippen LogP contribution in [0.3, 0.4) is 0 Å². The highest BCUT2D eigenvalue weighted by Gasteiger charge is 2.06. The maximum absolute atomic E-state index is 11.7. The predicted molar refractivity (Wildman–Crippen MR) is 76.8 cm³/mol. The minimum Gasteiger partial charge on any atom is -0.392 e. The summed E-state index contributed by atoms with van der Waals surface area (Å²) >= 11 is 0. The van der Waals surface area contributed by atoms with Crippen LogP contribution in [0.5, 0.6) is 0 Å². The number of nitrogens with one attached hydrogen (secondary N) is 1. The highest BCUT2D eigenvalue weighted by Crippen LogP contribution is 2.05. The summed E-state index contributed by atoms with van der Waals surface area (Å²) in [6, 6.07) is 7.17. The Bertz CT molecular complexity index is 485. The quantitative estimate of drug-likeness (QED) is 0.552. The molecular formula is C16H19NO3. The van der Waals surface area contributed by atoms with Gasteiger partial charge >= 0.3 is 0 Å². The lowest BCUT2D eigenvalue weighted by molar-refractivity contribution is -0.125. The van der Waals surface area contributed by atoms with Crippen molar-refractivity contribution in [1.82, 2.24) is 5.32 Å². The number of Topliss-reactive ketones (excluding diaryl/α,β-unsaturated/α-hetero) is 1. The fourth-order valence-electron chi connectivity index (χ4n) is 1.69. The minimum atomic E-state index is -0.149. The average molecular weight is 273 g/mol. The predicted octanol–water partition coefficient (Wildman–Crippen LogP) is 1.21. The van der Waals surface area contributed by atoms with E-state index in [0.717, 1.165) is 11.1 Å². The molecule has 1 aromatic rings. The van der Waals surface area contributed by atoms with Gasteiger partial charge in [-0.15, -0.1) is 12.3 Å². The van der Waals surface area contributed by atoms with Crippen LogP contribution < -0.4 is 5.32 Å². The summed E-state index contributed by atoms with van der Waals surface area (Å²) in [6.45, 7) is 0.0264. The van der Waals surface area contributed by atoms with Gasteiger partial charge in [0.2, 0.25) is 5.91 Å². The van der Waals surface area contributed by atoms with Crippen molar-refractivity contribution in [2.24, 2.45) is 0 Å². The van der Waals surface area contributed by atoms with E-state index in [0.29, 0.717) is 19.3 Å². The van der Waals surface area contributed by atoms with Crippen molar-refractivity contribution < 1.29 is 14.7 Å². The van der Waals surface area contributed by atoms with Gasteiger partial charge in [-0.1, -0.05) is 24.3 Å². The zero-order valence-corrected chi connectivity index (χ0v) is 11.4. The Morgan fingerprint density at radius 2 is 1.85 bits per heavy atom. The highest BCUT2D eigenvalue weighted by molar-refractivity contribution is 5.87. The normalized spacial score (nSPS) is 9.80. The first kappa shape index (κ1) is 15.9. The van der Waals surface area contributed by atoms with Gasteiger partial charge in [-0.3, -0.25) is 9.59 Å². The van der Waals surface area contributed by atoms with Gasteiger partial charge in [0.15, 0.2) is 5.78 Å². The Balaban J connectivity index is 2.29. The molecule has 1 amide bonds. The Hall–Kier alpha value is -2.12. The molecule has 0 aliphatic heterocycles. The van der Waals surface area contributed by atoms with Crippen molar-refractivity contribution in [3.63, 3.8) is 0 Å². The number of aliphatic hydroxyl groups is 1. The Kier molecular flexibility index (Phi) is 7.08. The van der Waals surface area contributed by atoms with E-state index < -0.39 is 0 Å². The number of carbonyl (C=O) groups is 2. The number of hydrogen-bond acceptors (Lipinski definition) is 3. The molecule has 0 unspecified atom stereocenters. The lowest BCUT2D eigenvalue weighted by atomic mass is 10.1. The van der Waals surface area contributed by atoms with E-state index in [4.69, 9.17) is 11.5 Å². The molecule has 0 saturated heterocycles. The number of aliphatic hydroxyl groups excluding tert-OH is 1. The standard InChI is InChI=1S/C16H19NO3/c1-2-3-4-5-16(20)17-11-15(19)10-13-6-8-14(12-18)9-7-13/h1,6-9,18H,3-5,10-12H2,(H,17,20). The molecule has 0 spiro atoms. The van der Waals surface area contributed by atoms with Crippen molar-refractivity contribution in [1.29, 1.82) is 0 Å². The van der Waals surface area contributed by atoms with Crippen LogP contribution in [0.2, 0.25) is 0 Å². The van der Waals surface area contributed by atoms with Crippen LogP contribution in [0.25, 0.3) is 0 Å².